The molecule has 0 unspecified atom stereocenters. The van der Waals surface area contributed by atoms with Gasteiger partial charge in [0, 0.05) is 12.6 Å². The van der Waals surface area contributed by atoms with Gasteiger partial charge in [-0.1, -0.05) is 19.1 Å². The third-order valence-corrected chi connectivity index (χ3v) is 2.35. The Labute approximate surface area is 63.5 Å². The lowest BCUT2D eigenvalue weighted by molar-refractivity contribution is 0.398. The minimum Gasteiger partial charge on any atom is -0.313 e. The summed E-state index contributed by atoms with van der Waals surface area (Å²) < 4.78 is 0. The highest BCUT2D eigenvalue weighted by molar-refractivity contribution is 5.06. The summed E-state index contributed by atoms with van der Waals surface area (Å²) >= 11 is 0. The largest absolute Gasteiger partial charge is 0.313 e. The quantitative estimate of drug-likeness (QED) is 0.547. The highest BCUT2D eigenvalue weighted by Crippen LogP contribution is 2.21. The summed E-state index contributed by atoms with van der Waals surface area (Å²) in [5.74, 6) is 0.733. The van der Waals surface area contributed by atoms with Crippen LogP contribution in [0.4, 0.5) is 0 Å². The summed E-state index contributed by atoms with van der Waals surface area (Å²) in [5, 5.41) is 3.45. The Bertz CT molecular complexity index is 129. The number of nitrogens with one attached hydrogen (secondary N) is 1. The zero-order valence-corrected chi connectivity index (χ0v) is 6.98. The van der Waals surface area contributed by atoms with Gasteiger partial charge in [0.25, 0.3) is 0 Å². The van der Waals surface area contributed by atoms with E-state index in [0.29, 0.717) is 6.04 Å². The van der Waals surface area contributed by atoms with E-state index in [0.717, 1.165) is 12.5 Å². The van der Waals surface area contributed by atoms with E-state index in [9.17, 15) is 0 Å². The van der Waals surface area contributed by atoms with E-state index in [4.69, 9.17) is 0 Å². The summed E-state index contributed by atoms with van der Waals surface area (Å²) in [5.41, 5.74) is 1.44. The Morgan fingerprint density at radius 2 is 2.40 bits per heavy atom. The highest BCUT2D eigenvalue weighted by Gasteiger charge is 2.18. The maximum Gasteiger partial charge on any atom is 0.00761 e. The molecule has 0 radical (unpaired) electrons. The first-order valence-electron chi connectivity index (χ1n) is 4.15. The van der Waals surface area contributed by atoms with Crippen molar-refractivity contribution in [3.63, 3.8) is 0 Å². The maximum absolute atomic E-state index is 4.08. The maximum atomic E-state index is 4.08. The smallest absolute Gasteiger partial charge is 0.00761 e. The van der Waals surface area contributed by atoms with E-state index in [-0.39, 0.29) is 0 Å². The number of hydrogen-bond acceptors (Lipinski definition) is 1. The summed E-state index contributed by atoms with van der Waals surface area (Å²) in [6, 6.07) is 0.648. The molecule has 0 aromatic carbocycles. The molecule has 1 aliphatic heterocycles. The Kier molecular flexibility index (Phi) is 2.50. The Morgan fingerprint density at radius 3 is 2.90 bits per heavy atom. The van der Waals surface area contributed by atoms with Crippen LogP contribution >= 0.6 is 0 Å². The molecule has 1 heteroatoms. The van der Waals surface area contributed by atoms with Crippen molar-refractivity contribution < 1.29 is 0 Å². The van der Waals surface area contributed by atoms with Crippen molar-refractivity contribution in [2.45, 2.75) is 32.7 Å². The first-order chi connectivity index (χ1) is 4.74. The van der Waals surface area contributed by atoms with Gasteiger partial charge in [0.05, 0.1) is 0 Å². The van der Waals surface area contributed by atoms with Crippen LogP contribution in [0.2, 0.25) is 0 Å². The van der Waals surface area contributed by atoms with Crippen LogP contribution in [0.25, 0.3) is 0 Å². The van der Waals surface area contributed by atoms with E-state index in [1.807, 2.05) is 0 Å². The first-order valence-corrected chi connectivity index (χ1v) is 4.15. The average Bonchev–Trinajstić information content (AvgIpc) is 1.88. The molecular formula is C9H17N. The zero-order valence-electron chi connectivity index (χ0n) is 6.98. The first kappa shape index (κ1) is 7.80. The molecule has 0 aliphatic carbocycles. The minimum atomic E-state index is 0.648. The molecule has 58 valence electrons. The Balaban J connectivity index is 2.43. The van der Waals surface area contributed by atoms with Crippen molar-refractivity contribution in [1.82, 2.24) is 5.32 Å². The van der Waals surface area contributed by atoms with E-state index in [1.165, 1.54) is 18.4 Å². The molecule has 2 atom stereocenters. The third kappa shape index (κ3) is 1.60. The lowest BCUT2D eigenvalue weighted by Crippen LogP contribution is -2.37. The van der Waals surface area contributed by atoms with Crippen LogP contribution in [0.5, 0.6) is 0 Å². The van der Waals surface area contributed by atoms with Crippen LogP contribution in [0.1, 0.15) is 26.7 Å². The predicted molar refractivity (Wildman–Crippen MR) is 45.0 cm³/mol. The lowest BCUT2D eigenvalue weighted by atomic mass is 9.89. The van der Waals surface area contributed by atoms with Crippen LogP contribution in [0.15, 0.2) is 12.2 Å². The molecule has 1 saturated heterocycles. The lowest BCUT2D eigenvalue weighted by Gasteiger charge is -2.29. The molecule has 10 heavy (non-hydrogen) atoms. The second-order valence-electron chi connectivity index (χ2n) is 3.28. The van der Waals surface area contributed by atoms with E-state index < -0.39 is 0 Å². The third-order valence-electron chi connectivity index (χ3n) is 2.35. The molecule has 0 amide bonds. The molecule has 1 aliphatic rings. The zero-order chi connectivity index (χ0) is 7.56. The van der Waals surface area contributed by atoms with Gasteiger partial charge >= 0.3 is 0 Å². The summed E-state index contributed by atoms with van der Waals surface area (Å²) in [7, 11) is 0. The molecule has 1 N–H and O–H groups in total. The molecule has 0 saturated carbocycles. The van der Waals surface area contributed by atoms with Gasteiger partial charge in [0.15, 0.2) is 0 Å². The van der Waals surface area contributed by atoms with Crippen LogP contribution in [-0.4, -0.2) is 12.6 Å². The van der Waals surface area contributed by atoms with Gasteiger partial charge in [-0.2, -0.15) is 0 Å². The van der Waals surface area contributed by atoms with Gasteiger partial charge in [-0.05, 0) is 25.7 Å². The topological polar surface area (TPSA) is 12.0 Å². The molecule has 0 aromatic rings. The average molecular weight is 139 g/mol. The van der Waals surface area contributed by atoms with Crippen molar-refractivity contribution in [1.29, 1.82) is 0 Å². The van der Waals surface area contributed by atoms with Crippen molar-refractivity contribution >= 4 is 0 Å². The molecule has 0 aromatic heterocycles. The van der Waals surface area contributed by atoms with Gasteiger partial charge < -0.3 is 5.32 Å². The van der Waals surface area contributed by atoms with Crippen LogP contribution in [0, 0.1) is 5.92 Å². The molecule has 1 heterocycles. The van der Waals surface area contributed by atoms with Crippen molar-refractivity contribution in [3.8, 4) is 0 Å². The van der Waals surface area contributed by atoms with Crippen molar-refractivity contribution in [3.05, 3.63) is 12.2 Å². The summed E-state index contributed by atoms with van der Waals surface area (Å²) in [6.45, 7) is 9.66. The molecule has 0 spiro atoms. The predicted octanol–water partition coefficient (Wildman–Crippen LogP) is 1.95. The fourth-order valence-corrected chi connectivity index (χ4v) is 1.55. The highest BCUT2D eigenvalue weighted by atomic mass is 14.9. The van der Waals surface area contributed by atoms with E-state index >= 15 is 0 Å². The fourth-order valence-electron chi connectivity index (χ4n) is 1.55. The van der Waals surface area contributed by atoms with Crippen LogP contribution < -0.4 is 5.32 Å². The van der Waals surface area contributed by atoms with Gasteiger partial charge in [0.2, 0.25) is 0 Å². The van der Waals surface area contributed by atoms with Gasteiger partial charge in [0.1, 0.15) is 0 Å². The van der Waals surface area contributed by atoms with Gasteiger partial charge in [-0.25, -0.2) is 0 Å². The number of hydrogen-bond donors (Lipinski definition) is 1. The van der Waals surface area contributed by atoms with Crippen molar-refractivity contribution in [2.24, 2.45) is 5.92 Å². The Morgan fingerprint density at radius 1 is 1.70 bits per heavy atom. The van der Waals surface area contributed by atoms with Gasteiger partial charge in [-0.3, -0.25) is 0 Å². The molecule has 1 fully saturated rings. The van der Waals surface area contributed by atoms with Crippen LogP contribution in [0.3, 0.4) is 0 Å². The fraction of sp³-hybridized carbons (Fsp3) is 0.778. The molecular weight excluding hydrogens is 122 g/mol. The Hall–Kier alpha value is -0.300. The summed E-state index contributed by atoms with van der Waals surface area (Å²) in [4.78, 5) is 0. The number of piperidine rings is 1. The van der Waals surface area contributed by atoms with Crippen molar-refractivity contribution in [2.75, 3.05) is 6.54 Å². The van der Waals surface area contributed by atoms with Gasteiger partial charge in [-0.15, -0.1) is 0 Å². The van der Waals surface area contributed by atoms with E-state index in [2.05, 4.69) is 25.7 Å². The minimum absolute atomic E-state index is 0.648. The second-order valence-corrected chi connectivity index (χ2v) is 3.28. The van der Waals surface area contributed by atoms with E-state index in [1.54, 1.807) is 0 Å². The summed E-state index contributed by atoms with van der Waals surface area (Å²) in [6.07, 6.45) is 2.40. The standard InChI is InChI=1S/C9H17N/c1-4-9-6-10-8(3)5-7(9)2/h8-10H,2,4-6H2,1,3H3/t8-,9+/m1/s1. The molecule has 0 bridgehead atoms. The van der Waals surface area contributed by atoms with Crippen LogP contribution in [-0.2, 0) is 0 Å². The SMILES string of the molecule is C=C1C[C@@H](C)NC[C@@H]1CC. The molecule has 1 rings (SSSR count). The second kappa shape index (κ2) is 3.20. The number of rotatable bonds is 1. The normalized spacial score (nSPS) is 34.4. The molecule has 1 nitrogen and oxygen atoms in total. The monoisotopic (exact) mass is 139 g/mol.